The first kappa shape index (κ1) is 14.8. The molecule has 0 amide bonds. The summed E-state index contributed by atoms with van der Waals surface area (Å²) in [5, 5.41) is 3.29. The fourth-order valence-electron chi connectivity index (χ4n) is 2.17. The molecule has 3 nitrogen and oxygen atoms in total. The first-order chi connectivity index (χ1) is 9.69. The van der Waals surface area contributed by atoms with Gasteiger partial charge in [-0.3, -0.25) is 4.90 Å². The molecule has 0 atom stereocenters. The van der Waals surface area contributed by atoms with Gasteiger partial charge in [0.25, 0.3) is 0 Å². The molecule has 0 bridgehead atoms. The lowest BCUT2D eigenvalue weighted by atomic mass is 10.2. The molecule has 4 heteroatoms. The number of furan rings is 1. The van der Waals surface area contributed by atoms with Crippen LogP contribution in [0.3, 0.4) is 0 Å². The van der Waals surface area contributed by atoms with Crippen LogP contribution in [0.15, 0.2) is 41.0 Å². The van der Waals surface area contributed by atoms with Crippen LogP contribution in [0, 0.1) is 5.82 Å². The van der Waals surface area contributed by atoms with Crippen molar-refractivity contribution in [3.05, 3.63) is 59.3 Å². The van der Waals surface area contributed by atoms with Gasteiger partial charge in [0.15, 0.2) is 0 Å². The number of rotatable bonds is 7. The van der Waals surface area contributed by atoms with Crippen LogP contribution in [0.25, 0.3) is 0 Å². The van der Waals surface area contributed by atoms with Crippen molar-refractivity contribution in [1.29, 1.82) is 0 Å². The fourth-order valence-corrected chi connectivity index (χ4v) is 2.17. The van der Waals surface area contributed by atoms with Crippen LogP contribution >= 0.6 is 0 Å². The molecule has 1 aromatic heterocycles. The van der Waals surface area contributed by atoms with Gasteiger partial charge in [0.2, 0.25) is 0 Å². The molecule has 0 aliphatic heterocycles. The van der Waals surface area contributed by atoms with Crippen molar-refractivity contribution < 1.29 is 8.81 Å². The van der Waals surface area contributed by atoms with Gasteiger partial charge in [-0.1, -0.05) is 19.1 Å². The molecule has 0 unspecified atom stereocenters. The highest BCUT2D eigenvalue weighted by atomic mass is 19.1. The highest BCUT2D eigenvalue weighted by Crippen LogP contribution is 2.14. The van der Waals surface area contributed by atoms with Crippen LogP contribution in [-0.2, 0) is 19.6 Å². The van der Waals surface area contributed by atoms with Gasteiger partial charge in [0.1, 0.15) is 11.6 Å². The molecule has 108 valence electrons. The molecule has 2 aromatic rings. The number of hydrogen-bond donors (Lipinski definition) is 1. The van der Waals surface area contributed by atoms with E-state index in [1.54, 1.807) is 18.4 Å². The van der Waals surface area contributed by atoms with Gasteiger partial charge in [0, 0.05) is 18.7 Å². The Morgan fingerprint density at radius 3 is 2.85 bits per heavy atom. The second-order valence-electron chi connectivity index (χ2n) is 4.95. The molecule has 0 fully saturated rings. The Morgan fingerprint density at radius 1 is 1.25 bits per heavy atom. The first-order valence-corrected chi connectivity index (χ1v) is 6.88. The van der Waals surface area contributed by atoms with Crippen LogP contribution < -0.4 is 5.32 Å². The number of nitrogens with zero attached hydrogens (tertiary/aromatic N) is 1. The van der Waals surface area contributed by atoms with E-state index in [-0.39, 0.29) is 5.82 Å². The van der Waals surface area contributed by atoms with Crippen molar-refractivity contribution in [1.82, 2.24) is 10.2 Å². The molecule has 20 heavy (non-hydrogen) atoms. The number of halogens is 1. The lowest BCUT2D eigenvalue weighted by molar-refractivity contribution is 0.285. The summed E-state index contributed by atoms with van der Waals surface area (Å²) in [6, 6.07) is 8.69. The minimum Gasteiger partial charge on any atom is -0.468 e. The Labute approximate surface area is 119 Å². The molecule has 1 N–H and O–H groups in total. The van der Waals surface area contributed by atoms with Gasteiger partial charge >= 0.3 is 0 Å². The molecule has 0 aliphatic carbocycles. The zero-order chi connectivity index (χ0) is 14.4. The van der Waals surface area contributed by atoms with Crippen molar-refractivity contribution in [2.45, 2.75) is 26.6 Å². The van der Waals surface area contributed by atoms with E-state index in [1.807, 2.05) is 19.2 Å². The SMILES string of the molecule is CCNCc1ccoc1CN(C)Cc1cccc(F)c1. The van der Waals surface area contributed by atoms with Crippen molar-refractivity contribution in [2.24, 2.45) is 0 Å². The second-order valence-corrected chi connectivity index (χ2v) is 4.95. The average Bonchev–Trinajstić information content (AvgIpc) is 2.83. The number of benzene rings is 1. The van der Waals surface area contributed by atoms with Crippen molar-refractivity contribution in [2.75, 3.05) is 13.6 Å². The van der Waals surface area contributed by atoms with Gasteiger partial charge in [-0.05, 0) is 37.4 Å². The summed E-state index contributed by atoms with van der Waals surface area (Å²) in [5.74, 6) is 0.770. The maximum atomic E-state index is 13.2. The van der Waals surface area contributed by atoms with Crippen LogP contribution in [0.1, 0.15) is 23.8 Å². The zero-order valence-electron chi connectivity index (χ0n) is 12.0. The summed E-state index contributed by atoms with van der Waals surface area (Å²) in [6.45, 7) is 5.24. The van der Waals surface area contributed by atoms with E-state index in [0.717, 1.165) is 24.4 Å². The Morgan fingerprint density at radius 2 is 2.10 bits per heavy atom. The minimum absolute atomic E-state index is 0.193. The third-order valence-corrected chi connectivity index (χ3v) is 3.16. The Hall–Kier alpha value is -1.65. The highest BCUT2D eigenvalue weighted by molar-refractivity contribution is 5.18. The van der Waals surface area contributed by atoms with Crippen molar-refractivity contribution >= 4 is 0 Å². The fraction of sp³-hybridized carbons (Fsp3) is 0.375. The lowest BCUT2D eigenvalue weighted by Crippen LogP contribution is -2.19. The zero-order valence-corrected chi connectivity index (χ0v) is 12.0. The molecule has 0 radical (unpaired) electrons. The lowest BCUT2D eigenvalue weighted by Gasteiger charge is -2.16. The van der Waals surface area contributed by atoms with Gasteiger partial charge < -0.3 is 9.73 Å². The Kier molecular flexibility index (Phi) is 5.32. The maximum absolute atomic E-state index is 13.2. The second kappa shape index (κ2) is 7.22. The predicted octanol–water partition coefficient (Wildman–Crippen LogP) is 3.16. The third-order valence-electron chi connectivity index (χ3n) is 3.16. The number of hydrogen-bond acceptors (Lipinski definition) is 3. The van der Waals surface area contributed by atoms with Crippen LogP contribution in [0.4, 0.5) is 4.39 Å². The summed E-state index contributed by atoms with van der Waals surface area (Å²) >= 11 is 0. The normalized spacial score (nSPS) is 11.2. The molecular formula is C16H21FN2O. The molecule has 1 aromatic carbocycles. The topological polar surface area (TPSA) is 28.4 Å². The predicted molar refractivity (Wildman–Crippen MR) is 77.7 cm³/mol. The maximum Gasteiger partial charge on any atom is 0.123 e. The molecule has 2 rings (SSSR count). The Balaban J connectivity index is 1.94. The van der Waals surface area contributed by atoms with E-state index in [0.29, 0.717) is 13.1 Å². The van der Waals surface area contributed by atoms with Crippen LogP contribution in [0.2, 0.25) is 0 Å². The van der Waals surface area contributed by atoms with E-state index >= 15 is 0 Å². The highest BCUT2D eigenvalue weighted by Gasteiger charge is 2.09. The van der Waals surface area contributed by atoms with Crippen molar-refractivity contribution in [3.8, 4) is 0 Å². The third kappa shape index (κ3) is 4.18. The van der Waals surface area contributed by atoms with Crippen LogP contribution in [-0.4, -0.2) is 18.5 Å². The van der Waals surface area contributed by atoms with E-state index in [4.69, 9.17) is 4.42 Å². The first-order valence-electron chi connectivity index (χ1n) is 6.88. The minimum atomic E-state index is -0.193. The number of nitrogens with one attached hydrogen (secondary N) is 1. The largest absolute Gasteiger partial charge is 0.468 e. The van der Waals surface area contributed by atoms with E-state index in [2.05, 4.69) is 17.1 Å². The van der Waals surface area contributed by atoms with Crippen molar-refractivity contribution in [3.63, 3.8) is 0 Å². The molecular weight excluding hydrogens is 255 g/mol. The van der Waals surface area contributed by atoms with Crippen LogP contribution in [0.5, 0.6) is 0 Å². The van der Waals surface area contributed by atoms with Gasteiger partial charge in [-0.2, -0.15) is 0 Å². The summed E-state index contributed by atoms with van der Waals surface area (Å²) in [4.78, 5) is 2.11. The average molecular weight is 276 g/mol. The van der Waals surface area contributed by atoms with E-state index < -0.39 is 0 Å². The summed E-state index contributed by atoms with van der Waals surface area (Å²) in [6.07, 6.45) is 1.72. The Bertz CT molecular complexity index is 539. The molecule has 0 spiro atoms. The monoisotopic (exact) mass is 276 g/mol. The molecule has 0 aliphatic rings. The quantitative estimate of drug-likeness (QED) is 0.842. The van der Waals surface area contributed by atoms with Gasteiger partial charge in [-0.15, -0.1) is 0 Å². The standard InChI is InChI=1S/C16H21FN2O/c1-3-18-10-14-7-8-20-16(14)12-19(2)11-13-5-4-6-15(17)9-13/h4-9,18H,3,10-12H2,1-2H3. The van der Waals surface area contributed by atoms with Gasteiger partial charge in [-0.25, -0.2) is 4.39 Å². The summed E-state index contributed by atoms with van der Waals surface area (Å²) in [5.41, 5.74) is 2.14. The van der Waals surface area contributed by atoms with Gasteiger partial charge in [0.05, 0.1) is 12.8 Å². The molecule has 0 saturated heterocycles. The summed E-state index contributed by atoms with van der Waals surface area (Å²) in [7, 11) is 2.00. The smallest absolute Gasteiger partial charge is 0.123 e. The van der Waals surface area contributed by atoms with E-state index in [9.17, 15) is 4.39 Å². The molecule has 0 saturated carbocycles. The van der Waals surface area contributed by atoms with E-state index in [1.165, 1.54) is 11.6 Å². The summed E-state index contributed by atoms with van der Waals surface area (Å²) < 4.78 is 18.7. The molecule has 1 heterocycles.